The quantitative estimate of drug-likeness (QED) is 0.737. The molecule has 0 unspecified atom stereocenters. The van der Waals surface area contributed by atoms with E-state index in [1.807, 2.05) is 60.3 Å². The number of amides is 1. The zero-order valence-electron chi connectivity index (χ0n) is 13.7. The number of ether oxygens (including phenoxy) is 1. The highest BCUT2D eigenvalue weighted by Crippen LogP contribution is 2.22. The predicted molar refractivity (Wildman–Crippen MR) is 96.6 cm³/mol. The van der Waals surface area contributed by atoms with Gasteiger partial charge in [0, 0.05) is 24.5 Å². The van der Waals surface area contributed by atoms with Gasteiger partial charge in [-0.15, -0.1) is 0 Å². The fourth-order valence-corrected chi connectivity index (χ4v) is 2.60. The SMILES string of the molecule is Cn1ccnc1[C@H](NC(=O)COc1ccccc1)c1ccc(Cl)cc1. The lowest BCUT2D eigenvalue weighted by atomic mass is 10.1. The number of hydrogen-bond acceptors (Lipinski definition) is 3. The molecule has 128 valence electrons. The van der Waals surface area contributed by atoms with E-state index in [4.69, 9.17) is 16.3 Å². The van der Waals surface area contributed by atoms with Crippen molar-refractivity contribution in [1.82, 2.24) is 14.9 Å². The molecule has 6 heteroatoms. The predicted octanol–water partition coefficient (Wildman–Crippen LogP) is 3.36. The third-order valence-electron chi connectivity index (χ3n) is 3.74. The standard InChI is InChI=1S/C19H18ClN3O2/c1-23-12-11-21-19(23)18(14-7-9-15(20)10-8-14)22-17(24)13-25-16-5-3-2-4-6-16/h2-12,18H,13H2,1H3,(H,22,24)/t18-/m1/s1. The van der Waals surface area contributed by atoms with Crippen molar-refractivity contribution in [3.63, 3.8) is 0 Å². The van der Waals surface area contributed by atoms with Gasteiger partial charge >= 0.3 is 0 Å². The van der Waals surface area contributed by atoms with E-state index in [-0.39, 0.29) is 18.6 Å². The first-order valence-electron chi connectivity index (χ1n) is 7.83. The van der Waals surface area contributed by atoms with Crippen LogP contribution < -0.4 is 10.1 Å². The third kappa shape index (κ3) is 4.39. The Hall–Kier alpha value is -2.79. The van der Waals surface area contributed by atoms with Gasteiger partial charge in [0.25, 0.3) is 5.91 Å². The second-order valence-electron chi connectivity index (χ2n) is 5.55. The summed E-state index contributed by atoms with van der Waals surface area (Å²) in [6, 6.07) is 16.2. The maximum atomic E-state index is 12.4. The molecule has 2 aromatic carbocycles. The van der Waals surface area contributed by atoms with Crippen LogP contribution in [0.15, 0.2) is 67.0 Å². The molecule has 0 saturated heterocycles. The molecule has 1 N–H and O–H groups in total. The Balaban J connectivity index is 1.74. The Morgan fingerprint density at radius 2 is 1.92 bits per heavy atom. The van der Waals surface area contributed by atoms with Gasteiger partial charge in [-0.3, -0.25) is 4.79 Å². The first-order chi connectivity index (χ1) is 12.1. The summed E-state index contributed by atoms with van der Waals surface area (Å²) >= 11 is 5.97. The Bertz CT molecular complexity index is 831. The second-order valence-corrected chi connectivity index (χ2v) is 5.99. The molecular formula is C19H18ClN3O2. The Morgan fingerprint density at radius 3 is 2.56 bits per heavy atom. The lowest BCUT2D eigenvalue weighted by Crippen LogP contribution is -2.34. The minimum Gasteiger partial charge on any atom is -0.484 e. The number of aromatic nitrogens is 2. The fourth-order valence-electron chi connectivity index (χ4n) is 2.48. The molecule has 1 heterocycles. The van der Waals surface area contributed by atoms with Gasteiger partial charge in [0.1, 0.15) is 17.6 Å². The number of imidazole rings is 1. The van der Waals surface area contributed by atoms with Crippen LogP contribution in [-0.2, 0) is 11.8 Å². The molecule has 0 bridgehead atoms. The summed E-state index contributed by atoms with van der Waals surface area (Å²) in [6.45, 7) is -0.0709. The maximum Gasteiger partial charge on any atom is 0.258 e. The molecule has 0 aliphatic carbocycles. The minimum atomic E-state index is -0.385. The summed E-state index contributed by atoms with van der Waals surface area (Å²) in [5.74, 6) is 1.15. The second kappa shape index (κ2) is 7.85. The van der Waals surface area contributed by atoms with Crippen LogP contribution in [-0.4, -0.2) is 22.1 Å². The average molecular weight is 356 g/mol. The van der Waals surface area contributed by atoms with Gasteiger partial charge in [-0.05, 0) is 29.8 Å². The molecule has 0 fully saturated rings. The Kier molecular flexibility index (Phi) is 5.36. The molecule has 0 radical (unpaired) electrons. The summed E-state index contributed by atoms with van der Waals surface area (Å²) in [7, 11) is 1.89. The highest BCUT2D eigenvalue weighted by atomic mass is 35.5. The van der Waals surface area contributed by atoms with Gasteiger partial charge in [-0.1, -0.05) is 41.9 Å². The molecule has 1 atom stereocenters. The van der Waals surface area contributed by atoms with Crippen LogP contribution in [0.2, 0.25) is 5.02 Å². The number of rotatable bonds is 6. The van der Waals surface area contributed by atoms with Gasteiger partial charge in [0.15, 0.2) is 6.61 Å². The van der Waals surface area contributed by atoms with Crippen LogP contribution in [0.1, 0.15) is 17.4 Å². The van der Waals surface area contributed by atoms with E-state index in [9.17, 15) is 4.79 Å². The topological polar surface area (TPSA) is 56.2 Å². The van der Waals surface area contributed by atoms with E-state index < -0.39 is 0 Å². The van der Waals surface area contributed by atoms with Crippen molar-refractivity contribution in [3.8, 4) is 5.75 Å². The molecule has 0 aliphatic heterocycles. The van der Waals surface area contributed by atoms with Crippen LogP contribution in [0, 0.1) is 0 Å². The summed E-state index contributed by atoms with van der Waals surface area (Å²) in [5.41, 5.74) is 0.895. The van der Waals surface area contributed by atoms with Crippen molar-refractivity contribution in [2.24, 2.45) is 7.05 Å². The highest BCUT2D eigenvalue weighted by molar-refractivity contribution is 6.30. The largest absolute Gasteiger partial charge is 0.484 e. The maximum absolute atomic E-state index is 12.4. The van der Waals surface area contributed by atoms with Crippen molar-refractivity contribution in [2.75, 3.05) is 6.61 Å². The molecule has 5 nitrogen and oxygen atoms in total. The number of carbonyl (C=O) groups is 1. The van der Waals surface area contributed by atoms with Crippen LogP contribution in [0.4, 0.5) is 0 Å². The Labute approximate surface area is 151 Å². The van der Waals surface area contributed by atoms with Gasteiger partial charge in [0.2, 0.25) is 0 Å². The first kappa shape index (κ1) is 17.0. The molecule has 0 spiro atoms. The average Bonchev–Trinajstić information content (AvgIpc) is 3.05. The van der Waals surface area contributed by atoms with E-state index in [1.54, 1.807) is 18.3 Å². The minimum absolute atomic E-state index is 0.0709. The van der Waals surface area contributed by atoms with E-state index in [1.165, 1.54) is 0 Å². The molecule has 3 aromatic rings. The van der Waals surface area contributed by atoms with Gasteiger partial charge < -0.3 is 14.6 Å². The lowest BCUT2D eigenvalue weighted by molar-refractivity contribution is -0.123. The lowest BCUT2D eigenvalue weighted by Gasteiger charge is -2.19. The van der Waals surface area contributed by atoms with E-state index in [2.05, 4.69) is 10.3 Å². The van der Waals surface area contributed by atoms with Crippen molar-refractivity contribution in [3.05, 3.63) is 83.4 Å². The Morgan fingerprint density at radius 1 is 1.20 bits per heavy atom. The summed E-state index contributed by atoms with van der Waals surface area (Å²) in [6.07, 6.45) is 3.54. The number of carbonyl (C=O) groups excluding carboxylic acids is 1. The van der Waals surface area contributed by atoms with Gasteiger partial charge in [-0.2, -0.15) is 0 Å². The van der Waals surface area contributed by atoms with Gasteiger partial charge in [0.05, 0.1) is 0 Å². The first-order valence-corrected chi connectivity index (χ1v) is 8.21. The zero-order valence-corrected chi connectivity index (χ0v) is 14.5. The summed E-state index contributed by atoms with van der Waals surface area (Å²) < 4.78 is 7.38. The van der Waals surface area contributed by atoms with E-state index in [0.717, 1.165) is 11.4 Å². The number of nitrogens with one attached hydrogen (secondary N) is 1. The summed E-state index contributed by atoms with van der Waals surface area (Å²) in [5, 5.41) is 3.62. The number of benzene rings is 2. The van der Waals surface area contributed by atoms with Crippen molar-refractivity contribution < 1.29 is 9.53 Å². The molecule has 3 rings (SSSR count). The number of hydrogen-bond donors (Lipinski definition) is 1. The van der Waals surface area contributed by atoms with Crippen LogP contribution in [0.5, 0.6) is 5.75 Å². The third-order valence-corrected chi connectivity index (χ3v) is 3.99. The van der Waals surface area contributed by atoms with Gasteiger partial charge in [-0.25, -0.2) is 4.98 Å². The van der Waals surface area contributed by atoms with Crippen molar-refractivity contribution in [1.29, 1.82) is 0 Å². The smallest absolute Gasteiger partial charge is 0.258 e. The molecule has 0 aliphatic rings. The number of halogens is 1. The zero-order chi connectivity index (χ0) is 17.6. The van der Waals surface area contributed by atoms with Crippen LogP contribution in [0.25, 0.3) is 0 Å². The highest BCUT2D eigenvalue weighted by Gasteiger charge is 2.21. The molecule has 25 heavy (non-hydrogen) atoms. The molecular weight excluding hydrogens is 338 g/mol. The van der Waals surface area contributed by atoms with Crippen molar-refractivity contribution >= 4 is 17.5 Å². The monoisotopic (exact) mass is 355 g/mol. The molecule has 1 amide bonds. The van der Waals surface area contributed by atoms with Crippen LogP contribution >= 0.6 is 11.6 Å². The van der Waals surface area contributed by atoms with E-state index in [0.29, 0.717) is 10.8 Å². The fraction of sp³-hybridized carbons (Fsp3) is 0.158. The van der Waals surface area contributed by atoms with Crippen LogP contribution in [0.3, 0.4) is 0 Å². The normalized spacial score (nSPS) is 11.8. The number of nitrogens with zero attached hydrogens (tertiary/aromatic N) is 2. The molecule has 1 aromatic heterocycles. The summed E-state index contributed by atoms with van der Waals surface area (Å²) in [4.78, 5) is 16.7. The molecule has 0 saturated carbocycles. The number of para-hydroxylation sites is 1. The number of aryl methyl sites for hydroxylation is 1. The van der Waals surface area contributed by atoms with Crippen molar-refractivity contribution in [2.45, 2.75) is 6.04 Å². The van der Waals surface area contributed by atoms with E-state index >= 15 is 0 Å².